The van der Waals surface area contributed by atoms with Crippen LogP contribution in [0.1, 0.15) is 31.7 Å². The molecule has 0 saturated carbocycles. The van der Waals surface area contributed by atoms with Crippen LogP contribution in [0.15, 0.2) is 24.3 Å². The van der Waals surface area contributed by atoms with Gasteiger partial charge in [0.15, 0.2) is 6.04 Å². The molecule has 1 unspecified atom stereocenters. The zero-order chi connectivity index (χ0) is 15.0. The highest BCUT2D eigenvalue weighted by molar-refractivity contribution is 6.21. The number of carbonyl (C=O) groups is 2. The van der Waals surface area contributed by atoms with Crippen molar-refractivity contribution in [3.8, 4) is 0 Å². The number of aryl methyl sites for hydroxylation is 1. The predicted octanol–water partition coefficient (Wildman–Crippen LogP) is 0.942. The predicted molar refractivity (Wildman–Crippen MR) is 81.2 cm³/mol. The molecule has 2 fully saturated rings. The molecule has 4 heteroatoms. The number of imide groups is 1. The molecule has 0 aromatic heterocycles. The SMILES string of the molecule is Cc1cccc(N2C(=O)C[C@@H]([NH+]3CCC[C@H](C)C3)C2=O)c1. The lowest BCUT2D eigenvalue weighted by Crippen LogP contribution is -3.18. The van der Waals surface area contributed by atoms with Crippen LogP contribution < -0.4 is 9.80 Å². The second-order valence-electron chi connectivity index (χ2n) is 6.52. The van der Waals surface area contributed by atoms with E-state index in [0.717, 1.165) is 30.8 Å². The Labute approximate surface area is 125 Å². The van der Waals surface area contributed by atoms with Gasteiger partial charge in [-0.1, -0.05) is 19.1 Å². The smallest absolute Gasteiger partial charge is 0.292 e. The van der Waals surface area contributed by atoms with Gasteiger partial charge in [0.2, 0.25) is 5.91 Å². The molecule has 21 heavy (non-hydrogen) atoms. The fourth-order valence-electron chi connectivity index (χ4n) is 3.63. The van der Waals surface area contributed by atoms with E-state index in [1.54, 1.807) is 0 Å². The van der Waals surface area contributed by atoms with Crippen molar-refractivity contribution in [3.05, 3.63) is 29.8 Å². The van der Waals surface area contributed by atoms with Crippen LogP contribution in [0, 0.1) is 12.8 Å². The Morgan fingerprint density at radius 2 is 2.10 bits per heavy atom. The quantitative estimate of drug-likeness (QED) is 0.823. The summed E-state index contributed by atoms with van der Waals surface area (Å²) in [6.07, 6.45) is 2.74. The van der Waals surface area contributed by atoms with E-state index in [9.17, 15) is 9.59 Å². The van der Waals surface area contributed by atoms with Gasteiger partial charge in [-0.3, -0.25) is 9.59 Å². The molecule has 3 rings (SSSR count). The Balaban J connectivity index is 1.82. The van der Waals surface area contributed by atoms with Crippen LogP contribution in [-0.2, 0) is 9.59 Å². The molecule has 0 bridgehead atoms. The summed E-state index contributed by atoms with van der Waals surface area (Å²) in [5.74, 6) is 0.570. The van der Waals surface area contributed by atoms with Crippen molar-refractivity contribution in [1.82, 2.24) is 0 Å². The van der Waals surface area contributed by atoms with E-state index in [4.69, 9.17) is 0 Å². The van der Waals surface area contributed by atoms with E-state index in [1.807, 2.05) is 31.2 Å². The number of nitrogens with one attached hydrogen (secondary N) is 1. The summed E-state index contributed by atoms with van der Waals surface area (Å²) in [4.78, 5) is 27.7. The molecule has 2 saturated heterocycles. The third kappa shape index (κ3) is 2.72. The van der Waals surface area contributed by atoms with Gasteiger partial charge in [0.25, 0.3) is 5.91 Å². The number of hydrogen-bond acceptors (Lipinski definition) is 2. The van der Waals surface area contributed by atoms with Gasteiger partial charge in [-0.15, -0.1) is 0 Å². The van der Waals surface area contributed by atoms with E-state index in [-0.39, 0.29) is 17.9 Å². The first-order valence-corrected chi connectivity index (χ1v) is 7.84. The first-order valence-electron chi connectivity index (χ1n) is 7.84. The summed E-state index contributed by atoms with van der Waals surface area (Å²) in [6.45, 7) is 6.23. The number of benzene rings is 1. The standard InChI is InChI=1S/C17H22N2O2/c1-12-5-3-7-14(9-12)19-16(20)10-15(17(19)21)18-8-4-6-13(2)11-18/h3,5,7,9,13,15H,4,6,8,10-11H2,1-2H3/p+1/t13-,15+/m0/s1. The van der Waals surface area contributed by atoms with Crippen LogP contribution in [0.3, 0.4) is 0 Å². The van der Waals surface area contributed by atoms with Gasteiger partial charge >= 0.3 is 0 Å². The Bertz CT molecular complexity index is 570. The number of amides is 2. The Morgan fingerprint density at radius 1 is 1.29 bits per heavy atom. The van der Waals surface area contributed by atoms with Gasteiger partial charge in [0.1, 0.15) is 0 Å². The summed E-state index contributed by atoms with van der Waals surface area (Å²) < 4.78 is 0. The molecule has 1 aromatic rings. The van der Waals surface area contributed by atoms with Crippen LogP contribution >= 0.6 is 0 Å². The highest BCUT2D eigenvalue weighted by atomic mass is 16.2. The van der Waals surface area contributed by atoms with E-state index < -0.39 is 0 Å². The molecule has 2 heterocycles. The summed E-state index contributed by atoms with van der Waals surface area (Å²) in [5, 5.41) is 0. The molecule has 112 valence electrons. The van der Waals surface area contributed by atoms with Crippen molar-refractivity contribution >= 4 is 17.5 Å². The molecular weight excluding hydrogens is 264 g/mol. The third-order valence-electron chi connectivity index (χ3n) is 4.70. The van der Waals surface area contributed by atoms with Gasteiger partial charge in [0, 0.05) is 5.92 Å². The fraction of sp³-hybridized carbons (Fsp3) is 0.529. The molecular formula is C17H23N2O2+. The maximum atomic E-state index is 12.7. The molecule has 0 aliphatic carbocycles. The number of hydrogen-bond donors (Lipinski definition) is 1. The second kappa shape index (κ2) is 5.60. The van der Waals surface area contributed by atoms with Crippen LogP contribution in [0.4, 0.5) is 5.69 Å². The van der Waals surface area contributed by atoms with Crippen LogP contribution in [0.5, 0.6) is 0 Å². The molecule has 2 amide bonds. The van der Waals surface area contributed by atoms with Crippen molar-refractivity contribution in [2.45, 2.75) is 39.2 Å². The van der Waals surface area contributed by atoms with Gasteiger partial charge in [-0.2, -0.15) is 0 Å². The summed E-state index contributed by atoms with van der Waals surface area (Å²) in [5.41, 5.74) is 1.78. The second-order valence-corrected chi connectivity index (χ2v) is 6.52. The Morgan fingerprint density at radius 3 is 2.81 bits per heavy atom. The third-order valence-corrected chi connectivity index (χ3v) is 4.70. The Kier molecular flexibility index (Phi) is 3.81. The fourth-order valence-corrected chi connectivity index (χ4v) is 3.63. The van der Waals surface area contributed by atoms with Gasteiger partial charge < -0.3 is 4.90 Å². The lowest BCUT2D eigenvalue weighted by atomic mass is 9.98. The summed E-state index contributed by atoms with van der Waals surface area (Å²) >= 11 is 0. The summed E-state index contributed by atoms with van der Waals surface area (Å²) in [6, 6.07) is 7.45. The molecule has 3 atom stereocenters. The van der Waals surface area contributed by atoms with Crippen molar-refractivity contribution in [2.75, 3.05) is 18.0 Å². The molecule has 1 aromatic carbocycles. The molecule has 2 aliphatic heterocycles. The molecule has 0 spiro atoms. The van der Waals surface area contributed by atoms with Crippen molar-refractivity contribution in [2.24, 2.45) is 5.92 Å². The highest BCUT2D eigenvalue weighted by Crippen LogP contribution is 2.23. The van der Waals surface area contributed by atoms with E-state index in [1.165, 1.54) is 16.2 Å². The number of likely N-dealkylation sites (tertiary alicyclic amines) is 1. The normalized spacial score (nSPS) is 30.0. The number of nitrogens with zero attached hydrogens (tertiary/aromatic N) is 1. The number of anilines is 1. The lowest BCUT2D eigenvalue weighted by molar-refractivity contribution is -0.923. The first kappa shape index (κ1) is 14.3. The number of quaternary nitrogens is 1. The highest BCUT2D eigenvalue weighted by Gasteiger charge is 2.46. The van der Waals surface area contributed by atoms with Crippen molar-refractivity contribution in [1.29, 1.82) is 0 Å². The van der Waals surface area contributed by atoms with E-state index >= 15 is 0 Å². The number of rotatable bonds is 2. The lowest BCUT2D eigenvalue weighted by Gasteiger charge is -2.31. The molecule has 0 radical (unpaired) electrons. The van der Waals surface area contributed by atoms with Gasteiger partial charge in [-0.25, -0.2) is 4.90 Å². The first-order chi connectivity index (χ1) is 10.1. The topological polar surface area (TPSA) is 41.8 Å². The maximum Gasteiger partial charge on any atom is 0.292 e. The van der Waals surface area contributed by atoms with Crippen LogP contribution in [0.2, 0.25) is 0 Å². The van der Waals surface area contributed by atoms with Gasteiger partial charge in [0.05, 0.1) is 25.2 Å². The summed E-state index contributed by atoms with van der Waals surface area (Å²) in [7, 11) is 0. The maximum absolute atomic E-state index is 12.7. The minimum atomic E-state index is -0.180. The zero-order valence-corrected chi connectivity index (χ0v) is 12.8. The monoisotopic (exact) mass is 287 g/mol. The van der Waals surface area contributed by atoms with Crippen molar-refractivity contribution < 1.29 is 14.5 Å². The largest absolute Gasteiger partial charge is 0.324 e. The molecule has 1 N–H and O–H groups in total. The molecule has 2 aliphatic rings. The van der Waals surface area contributed by atoms with Crippen LogP contribution in [0.25, 0.3) is 0 Å². The van der Waals surface area contributed by atoms with Gasteiger partial charge in [-0.05, 0) is 37.5 Å². The average molecular weight is 287 g/mol. The van der Waals surface area contributed by atoms with Crippen molar-refractivity contribution in [3.63, 3.8) is 0 Å². The van der Waals surface area contributed by atoms with Crippen LogP contribution in [-0.4, -0.2) is 30.9 Å². The number of piperidine rings is 1. The number of carbonyl (C=O) groups excluding carboxylic acids is 2. The zero-order valence-electron chi connectivity index (χ0n) is 12.8. The minimum absolute atomic E-state index is 0.0188. The average Bonchev–Trinajstić information content (AvgIpc) is 2.74. The van der Waals surface area contributed by atoms with E-state index in [0.29, 0.717) is 12.3 Å². The molecule has 4 nitrogen and oxygen atoms in total. The Hall–Kier alpha value is -1.68. The van der Waals surface area contributed by atoms with E-state index in [2.05, 4.69) is 6.92 Å². The minimum Gasteiger partial charge on any atom is -0.324 e.